The first-order valence-corrected chi connectivity index (χ1v) is 10.0. The van der Waals surface area contributed by atoms with Crippen LogP contribution in [-0.2, 0) is 11.2 Å². The Kier molecular flexibility index (Phi) is 8.04. The Labute approximate surface area is 151 Å². The van der Waals surface area contributed by atoms with Gasteiger partial charge in [0.05, 0.1) is 5.75 Å². The second-order valence-electron chi connectivity index (χ2n) is 5.47. The van der Waals surface area contributed by atoms with Crippen LogP contribution in [0.2, 0.25) is 0 Å². The van der Waals surface area contributed by atoms with Gasteiger partial charge in [0.1, 0.15) is 0 Å². The minimum Gasteiger partial charge on any atom is -0.360 e. The third-order valence-corrected chi connectivity index (χ3v) is 5.53. The van der Waals surface area contributed by atoms with Gasteiger partial charge in [0.15, 0.2) is 4.34 Å². The highest BCUT2D eigenvalue weighted by Crippen LogP contribution is 2.25. The Morgan fingerprint density at radius 2 is 2.08 bits per heavy atom. The van der Waals surface area contributed by atoms with E-state index >= 15 is 0 Å². The van der Waals surface area contributed by atoms with Gasteiger partial charge in [-0.3, -0.25) is 4.79 Å². The highest BCUT2D eigenvalue weighted by Gasteiger charge is 2.08. The van der Waals surface area contributed by atoms with Crippen molar-refractivity contribution in [2.45, 2.75) is 37.4 Å². The molecule has 0 fully saturated rings. The highest BCUT2D eigenvalue weighted by atomic mass is 32.2. The van der Waals surface area contributed by atoms with Crippen LogP contribution in [0.15, 0.2) is 28.6 Å². The van der Waals surface area contributed by atoms with Gasteiger partial charge in [-0.05, 0) is 30.9 Å². The summed E-state index contributed by atoms with van der Waals surface area (Å²) in [5.41, 5.74) is 2.54. The number of aryl methyl sites for hydroxylation is 1. The second kappa shape index (κ2) is 10.3. The number of hydrogen-bond acceptors (Lipinski definition) is 6. The molecule has 130 valence electrons. The summed E-state index contributed by atoms with van der Waals surface area (Å²) in [5.74, 6) is 0.404. The molecule has 0 saturated heterocycles. The molecule has 5 nitrogen and oxygen atoms in total. The standard InChI is InChI=1S/C17H24N4OS2/c1-3-4-10-19-16-20-21-17(24-16)23-12-15(22)18-11-9-14-8-6-5-7-13(14)2/h5-8H,3-4,9-12H2,1-2H3,(H,18,22)(H,19,20). The first-order chi connectivity index (χ1) is 11.7. The van der Waals surface area contributed by atoms with E-state index in [4.69, 9.17) is 0 Å². The number of benzene rings is 1. The number of thioether (sulfide) groups is 1. The van der Waals surface area contributed by atoms with Crippen LogP contribution in [0.4, 0.5) is 5.13 Å². The van der Waals surface area contributed by atoms with Crippen molar-refractivity contribution in [2.75, 3.05) is 24.2 Å². The molecule has 0 spiro atoms. The van der Waals surface area contributed by atoms with Gasteiger partial charge in [-0.25, -0.2) is 0 Å². The quantitative estimate of drug-likeness (QED) is 0.499. The van der Waals surface area contributed by atoms with Gasteiger partial charge in [-0.1, -0.05) is 60.7 Å². The molecule has 2 rings (SSSR count). The molecule has 1 aromatic carbocycles. The molecule has 0 saturated carbocycles. The lowest BCUT2D eigenvalue weighted by Gasteiger charge is -2.06. The van der Waals surface area contributed by atoms with Gasteiger partial charge in [-0.15, -0.1) is 10.2 Å². The van der Waals surface area contributed by atoms with E-state index < -0.39 is 0 Å². The molecule has 0 atom stereocenters. The number of nitrogens with one attached hydrogen (secondary N) is 2. The molecule has 0 bridgehead atoms. The van der Waals surface area contributed by atoms with Crippen LogP contribution < -0.4 is 10.6 Å². The molecule has 1 aromatic heterocycles. The topological polar surface area (TPSA) is 66.9 Å². The van der Waals surface area contributed by atoms with Crippen molar-refractivity contribution in [3.8, 4) is 0 Å². The molecule has 2 N–H and O–H groups in total. The monoisotopic (exact) mass is 364 g/mol. The fourth-order valence-electron chi connectivity index (χ4n) is 2.12. The van der Waals surface area contributed by atoms with Crippen LogP contribution in [0.1, 0.15) is 30.9 Å². The predicted molar refractivity (Wildman–Crippen MR) is 102 cm³/mol. The second-order valence-corrected chi connectivity index (χ2v) is 7.67. The lowest BCUT2D eigenvalue weighted by molar-refractivity contribution is -0.118. The molecular weight excluding hydrogens is 340 g/mol. The zero-order valence-electron chi connectivity index (χ0n) is 14.2. The SMILES string of the molecule is CCCCNc1nnc(SCC(=O)NCCc2ccccc2C)s1. The minimum atomic E-state index is 0.0317. The number of nitrogens with zero attached hydrogens (tertiary/aromatic N) is 2. The number of rotatable bonds is 10. The van der Waals surface area contributed by atoms with Crippen LogP contribution in [-0.4, -0.2) is 34.9 Å². The van der Waals surface area contributed by atoms with Crippen LogP contribution in [0.5, 0.6) is 0 Å². The molecule has 0 aliphatic rings. The maximum Gasteiger partial charge on any atom is 0.230 e. The van der Waals surface area contributed by atoms with E-state index in [2.05, 4.69) is 46.8 Å². The molecule has 1 heterocycles. The number of anilines is 1. The lowest BCUT2D eigenvalue weighted by atomic mass is 10.1. The van der Waals surface area contributed by atoms with Gasteiger partial charge in [0.25, 0.3) is 0 Å². The summed E-state index contributed by atoms with van der Waals surface area (Å²) in [6, 6.07) is 8.25. The van der Waals surface area contributed by atoms with E-state index in [0.717, 1.165) is 35.3 Å². The maximum atomic E-state index is 11.9. The number of unbranched alkanes of at least 4 members (excludes halogenated alkanes) is 1. The van der Waals surface area contributed by atoms with Crippen molar-refractivity contribution in [1.82, 2.24) is 15.5 Å². The number of carbonyl (C=O) groups excluding carboxylic acids is 1. The molecule has 0 aliphatic carbocycles. The zero-order chi connectivity index (χ0) is 17.2. The van der Waals surface area contributed by atoms with Crippen molar-refractivity contribution in [3.63, 3.8) is 0 Å². The Balaban J connectivity index is 1.65. The third kappa shape index (κ3) is 6.49. The van der Waals surface area contributed by atoms with E-state index in [-0.39, 0.29) is 5.91 Å². The van der Waals surface area contributed by atoms with Crippen molar-refractivity contribution in [3.05, 3.63) is 35.4 Å². The normalized spacial score (nSPS) is 10.6. The third-order valence-electron chi connectivity index (χ3n) is 3.52. The highest BCUT2D eigenvalue weighted by molar-refractivity contribution is 8.01. The summed E-state index contributed by atoms with van der Waals surface area (Å²) in [5, 5.41) is 15.2. The Morgan fingerprint density at radius 3 is 2.88 bits per heavy atom. The molecule has 0 aliphatic heterocycles. The molecule has 7 heteroatoms. The van der Waals surface area contributed by atoms with E-state index in [1.807, 2.05) is 12.1 Å². The summed E-state index contributed by atoms with van der Waals surface area (Å²) < 4.78 is 0.822. The summed E-state index contributed by atoms with van der Waals surface area (Å²) in [6.45, 7) is 5.81. The van der Waals surface area contributed by atoms with Crippen LogP contribution in [0, 0.1) is 6.92 Å². The predicted octanol–water partition coefficient (Wildman–Crippen LogP) is 3.51. The number of aromatic nitrogens is 2. The molecule has 0 unspecified atom stereocenters. The van der Waals surface area contributed by atoms with Crippen molar-refractivity contribution >= 4 is 34.1 Å². The summed E-state index contributed by atoms with van der Waals surface area (Å²) in [6.07, 6.45) is 3.12. The van der Waals surface area contributed by atoms with Gasteiger partial charge in [0.2, 0.25) is 11.0 Å². The number of hydrogen-bond donors (Lipinski definition) is 2. The van der Waals surface area contributed by atoms with E-state index in [1.165, 1.54) is 34.2 Å². The van der Waals surface area contributed by atoms with Crippen molar-refractivity contribution in [2.24, 2.45) is 0 Å². The molecule has 1 amide bonds. The Hall–Kier alpha value is -1.60. The van der Waals surface area contributed by atoms with Gasteiger partial charge < -0.3 is 10.6 Å². The van der Waals surface area contributed by atoms with Crippen molar-refractivity contribution in [1.29, 1.82) is 0 Å². The Morgan fingerprint density at radius 1 is 1.25 bits per heavy atom. The summed E-state index contributed by atoms with van der Waals surface area (Å²) in [7, 11) is 0. The van der Waals surface area contributed by atoms with Crippen molar-refractivity contribution < 1.29 is 4.79 Å². The fourth-order valence-corrected chi connectivity index (χ4v) is 3.72. The van der Waals surface area contributed by atoms with Gasteiger partial charge in [0, 0.05) is 13.1 Å². The number of amides is 1. The van der Waals surface area contributed by atoms with Gasteiger partial charge in [-0.2, -0.15) is 0 Å². The average molecular weight is 365 g/mol. The average Bonchev–Trinajstić information content (AvgIpc) is 3.03. The van der Waals surface area contributed by atoms with Crippen LogP contribution >= 0.6 is 23.1 Å². The molecular formula is C17H24N4OS2. The first-order valence-electron chi connectivity index (χ1n) is 8.20. The van der Waals surface area contributed by atoms with Gasteiger partial charge >= 0.3 is 0 Å². The number of carbonyl (C=O) groups is 1. The van der Waals surface area contributed by atoms with E-state index in [1.54, 1.807) is 0 Å². The molecule has 24 heavy (non-hydrogen) atoms. The minimum absolute atomic E-state index is 0.0317. The zero-order valence-corrected chi connectivity index (χ0v) is 15.8. The molecule has 0 radical (unpaired) electrons. The largest absolute Gasteiger partial charge is 0.360 e. The first kappa shape index (κ1) is 18.7. The summed E-state index contributed by atoms with van der Waals surface area (Å²) in [4.78, 5) is 11.9. The maximum absolute atomic E-state index is 11.9. The molecule has 2 aromatic rings. The lowest BCUT2D eigenvalue weighted by Crippen LogP contribution is -2.27. The summed E-state index contributed by atoms with van der Waals surface area (Å²) >= 11 is 2.93. The van der Waals surface area contributed by atoms with Crippen LogP contribution in [0.3, 0.4) is 0 Å². The smallest absolute Gasteiger partial charge is 0.230 e. The van der Waals surface area contributed by atoms with E-state index in [9.17, 15) is 4.79 Å². The Bertz CT molecular complexity index is 645. The van der Waals surface area contributed by atoms with Crippen LogP contribution in [0.25, 0.3) is 0 Å². The van der Waals surface area contributed by atoms with E-state index in [0.29, 0.717) is 12.3 Å². The fraction of sp³-hybridized carbons (Fsp3) is 0.471.